The predicted octanol–water partition coefficient (Wildman–Crippen LogP) is 3.64. The van der Waals surface area contributed by atoms with Crippen LogP contribution < -0.4 is 10.6 Å². The van der Waals surface area contributed by atoms with Crippen LogP contribution >= 0.6 is 24.0 Å². The number of rotatable bonds is 5. The number of carbonyl (C=O) groups is 1. The standard InChI is InChI=1S/C24H34N6O.HI/c1-18-12-15-30(28-18)22-11-7-6-10-20(22)16-26-24(25-2)27-21-13-14-29(17-21)23(31)19-8-4-3-5-9-19;/h6-7,10-12,15,19,21H,3-5,8-9,13-14,16-17H2,1-2H3,(H2,25,26,27);1H. The Morgan fingerprint density at radius 3 is 2.66 bits per heavy atom. The Labute approximate surface area is 208 Å². The Hall–Kier alpha value is -2.10. The van der Waals surface area contributed by atoms with Crippen LogP contribution in [0.1, 0.15) is 49.8 Å². The zero-order valence-corrected chi connectivity index (χ0v) is 21.4. The van der Waals surface area contributed by atoms with Crippen LogP contribution in [0.3, 0.4) is 0 Å². The molecule has 1 aliphatic carbocycles. The first-order valence-electron chi connectivity index (χ1n) is 11.5. The average Bonchev–Trinajstić information content (AvgIpc) is 3.46. The van der Waals surface area contributed by atoms with E-state index in [0.29, 0.717) is 12.5 Å². The molecular formula is C24H35IN6O. The Morgan fingerprint density at radius 2 is 1.94 bits per heavy atom. The van der Waals surface area contributed by atoms with Gasteiger partial charge in [-0.15, -0.1) is 24.0 Å². The highest BCUT2D eigenvalue weighted by molar-refractivity contribution is 14.0. The Balaban J connectivity index is 0.00000289. The van der Waals surface area contributed by atoms with Crippen LogP contribution in [0.2, 0.25) is 0 Å². The average molecular weight is 550 g/mol. The lowest BCUT2D eigenvalue weighted by atomic mass is 9.88. The van der Waals surface area contributed by atoms with Gasteiger partial charge in [-0.3, -0.25) is 9.79 Å². The molecule has 1 aromatic carbocycles. The Morgan fingerprint density at radius 1 is 1.16 bits per heavy atom. The van der Waals surface area contributed by atoms with Gasteiger partial charge in [-0.25, -0.2) is 4.68 Å². The molecule has 7 nitrogen and oxygen atoms in total. The van der Waals surface area contributed by atoms with Crippen molar-refractivity contribution in [3.8, 4) is 5.69 Å². The number of carbonyl (C=O) groups excluding carboxylic acids is 1. The minimum Gasteiger partial charge on any atom is -0.352 e. The van der Waals surface area contributed by atoms with Crippen molar-refractivity contribution in [1.82, 2.24) is 25.3 Å². The number of nitrogens with one attached hydrogen (secondary N) is 2. The fraction of sp³-hybridized carbons (Fsp3) is 0.542. The molecular weight excluding hydrogens is 515 g/mol. The smallest absolute Gasteiger partial charge is 0.225 e. The lowest BCUT2D eigenvalue weighted by molar-refractivity contribution is -0.135. The van der Waals surface area contributed by atoms with Gasteiger partial charge in [0.2, 0.25) is 5.91 Å². The topological polar surface area (TPSA) is 74.6 Å². The summed E-state index contributed by atoms with van der Waals surface area (Å²) < 4.78 is 1.91. The molecule has 2 heterocycles. The summed E-state index contributed by atoms with van der Waals surface area (Å²) in [7, 11) is 1.79. The van der Waals surface area contributed by atoms with Gasteiger partial charge in [0.05, 0.1) is 11.4 Å². The van der Waals surface area contributed by atoms with Crippen molar-refractivity contribution in [1.29, 1.82) is 0 Å². The lowest BCUT2D eigenvalue weighted by Crippen LogP contribution is -2.45. The SMILES string of the molecule is CN=C(NCc1ccccc1-n1ccc(C)n1)NC1CCN(C(=O)C2CCCCC2)C1.I. The van der Waals surface area contributed by atoms with Crippen molar-refractivity contribution < 1.29 is 4.79 Å². The van der Waals surface area contributed by atoms with Crippen molar-refractivity contribution >= 4 is 35.8 Å². The van der Waals surface area contributed by atoms with E-state index in [1.54, 1.807) is 7.05 Å². The zero-order chi connectivity index (χ0) is 21.6. The number of para-hydroxylation sites is 1. The molecule has 0 radical (unpaired) electrons. The summed E-state index contributed by atoms with van der Waals surface area (Å²) in [5, 5.41) is 11.5. The van der Waals surface area contributed by atoms with Gasteiger partial charge >= 0.3 is 0 Å². The van der Waals surface area contributed by atoms with E-state index in [1.165, 1.54) is 19.3 Å². The van der Waals surface area contributed by atoms with Gasteiger partial charge in [-0.2, -0.15) is 5.10 Å². The minimum absolute atomic E-state index is 0. The summed E-state index contributed by atoms with van der Waals surface area (Å²) in [6.45, 7) is 4.24. The first kappa shape index (κ1) is 24.5. The van der Waals surface area contributed by atoms with E-state index in [4.69, 9.17) is 0 Å². The fourth-order valence-corrected chi connectivity index (χ4v) is 4.69. The van der Waals surface area contributed by atoms with Crippen molar-refractivity contribution in [3.05, 3.63) is 47.8 Å². The third-order valence-corrected chi connectivity index (χ3v) is 6.43. The molecule has 2 fully saturated rings. The molecule has 1 aromatic heterocycles. The number of nitrogens with zero attached hydrogens (tertiary/aromatic N) is 4. The van der Waals surface area contributed by atoms with Crippen LogP contribution in [-0.2, 0) is 11.3 Å². The number of aliphatic imine (C=N–C) groups is 1. The second kappa shape index (κ2) is 11.7. The number of halogens is 1. The van der Waals surface area contributed by atoms with Crippen molar-refractivity contribution in [2.45, 2.75) is 58.0 Å². The molecule has 4 rings (SSSR count). The summed E-state index contributed by atoms with van der Waals surface area (Å²) in [4.78, 5) is 19.3. The quantitative estimate of drug-likeness (QED) is 0.339. The molecule has 1 atom stereocenters. The second-order valence-corrected chi connectivity index (χ2v) is 8.71. The summed E-state index contributed by atoms with van der Waals surface area (Å²) in [6, 6.07) is 10.5. The third-order valence-electron chi connectivity index (χ3n) is 6.43. The maximum atomic E-state index is 12.8. The maximum Gasteiger partial charge on any atom is 0.225 e. The van der Waals surface area contributed by atoms with E-state index >= 15 is 0 Å². The molecule has 0 bridgehead atoms. The molecule has 0 spiro atoms. The van der Waals surface area contributed by atoms with Gasteiger partial charge in [-0.05, 0) is 43.9 Å². The molecule has 2 N–H and O–H groups in total. The van der Waals surface area contributed by atoms with E-state index in [-0.39, 0.29) is 35.9 Å². The molecule has 32 heavy (non-hydrogen) atoms. The lowest BCUT2D eigenvalue weighted by Gasteiger charge is -2.26. The molecule has 1 amide bonds. The van der Waals surface area contributed by atoms with Crippen LogP contribution in [0.4, 0.5) is 0 Å². The van der Waals surface area contributed by atoms with E-state index in [0.717, 1.165) is 55.3 Å². The van der Waals surface area contributed by atoms with Gasteiger partial charge in [0.15, 0.2) is 5.96 Å². The van der Waals surface area contributed by atoms with Gasteiger partial charge in [0.1, 0.15) is 0 Å². The highest BCUT2D eigenvalue weighted by atomic mass is 127. The number of likely N-dealkylation sites (tertiary alicyclic amines) is 1. The molecule has 174 valence electrons. The maximum absolute atomic E-state index is 12.8. The van der Waals surface area contributed by atoms with E-state index in [9.17, 15) is 4.79 Å². The number of guanidine groups is 1. The van der Waals surface area contributed by atoms with Crippen LogP contribution in [-0.4, -0.2) is 52.7 Å². The molecule has 2 aromatic rings. The normalized spacial score (nSPS) is 19.5. The van der Waals surface area contributed by atoms with Crippen LogP contribution in [0.15, 0.2) is 41.5 Å². The highest BCUT2D eigenvalue weighted by Crippen LogP contribution is 2.26. The van der Waals surface area contributed by atoms with E-state index in [1.807, 2.05) is 36.0 Å². The highest BCUT2D eigenvalue weighted by Gasteiger charge is 2.31. The van der Waals surface area contributed by atoms with E-state index in [2.05, 4.69) is 37.8 Å². The number of aromatic nitrogens is 2. The summed E-state index contributed by atoms with van der Waals surface area (Å²) >= 11 is 0. The zero-order valence-electron chi connectivity index (χ0n) is 19.1. The monoisotopic (exact) mass is 550 g/mol. The molecule has 2 aliphatic rings. The van der Waals surface area contributed by atoms with Crippen LogP contribution in [0.25, 0.3) is 5.69 Å². The van der Waals surface area contributed by atoms with Crippen molar-refractivity contribution in [3.63, 3.8) is 0 Å². The number of amides is 1. The van der Waals surface area contributed by atoms with Gasteiger partial charge in [-0.1, -0.05) is 37.5 Å². The van der Waals surface area contributed by atoms with Crippen LogP contribution in [0.5, 0.6) is 0 Å². The first-order chi connectivity index (χ1) is 15.1. The molecule has 8 heteroatoms. The number of hydrogen-bond donors (Lipinski definition) is 2. The van der Waals surface area contributed by atoms with Gasteiger partial charge in [0.25, 0.3) is 0 Å². The van der Waals surface area contributed by atoms with Gasteiger partial charge < -0.3 is 15.5 Å². The molecule has 1 aliphatic heterocycles. The Bertz CT molecular complexity index is 921. The number of hydrogen-bond acceptors (Lipinski definition) is 3. The number of aryl methyl sites for hydroxylation is 1. The predicted molar refractivity (Wildman–Crippen MR) is 139 cm³/mol. The van der Waals surface area contributed by atoms with Crippen molar-refractivity contribution in [2.24, 2.45) is 10.9 Å². The van der Waals surface area contributed by atoms with Gasteiger partial charge in [0, 0.05) is 44.8 Å². The summed E-state index contributed by atoms with van der Waals surface area (Å²) in [6.07, 6.45) is 8.74. The molecule has 1 saturated heterocycles. The fourth-order valence-electron chi connectivity index (χ4n) is 4.69. The Kier molecular flexibility index (Phi) is 8.95. The molecule has 1 saturated carbocycles. The molecule has 1 unspecified atom stereocenters. The summed E-state index contributed by atoms with van der Waals surface area (Å²) in [5.41, 5.74) is 3.20. The number of benzene rings is 1. The minimum atomic E-state index is 0. The third kappa shape index (κ3) is 6.02. The van der Waals surface area contributed by atoms with Crippen LogP contribution in [0, 0.1) is 12.8 Å². The first-order valence-corrected chi connectivity index (χ1v) is 11.5. The largest absolute Gasteiger partial charge is 0.352 e. The van der Waals surface area contributed by atoms with E-state index < -0.39 is 0 Å². The second-order valence-electron chi connectivity index (χ2n) is 8.71. The summed E-state index contributed by atoms with van der Waals surface area (Å²) in [5.74, 6) is 1.37. The van der Waals surface area contributed by atoms with Crippen molar-refractivity contribution in [2.75, 3.05) is 20.1 Å².